The summed E-state index contributed by atoms with van der Waals surface area (Å²) < 4.78 is 5.32. The fraction of sp³-hybridized carbons (Fsp3) is 0.556. The molecule has 1 aliphatic carbocycles. The predicted molar refractivity (Wildman–Crippen MR) is 90.6 cm³/mol. The van der Waals surface area contributed by atoms with E-state index in [1.807, 2.05) is 24.3 Å². The number of hydrogen-bond donors (Lipinski definition) is 1. The van der Waals surface area contributed by atoms with Crippen LogP contribution < -0.4 is 15.0 Å². The van der Waals surface area contributed by atoms with E-state index in [0.717, 1.165) is 31.4 Å². The first-order valence-corrected chi connectivity index (χ1v) is 8.32. The molecule has 0 radical (unpaired) electrons. The van der Waals surface area contributed by atoms with Crippen LogP contribution in [0, 0.1) is 5.92 Å². The molecule has 126 valence electrons. The third kappa shape index (κ3) is 4.71. The highest BCUT2D eigenvalue weighted by molar-refractivity contribution is 5.93. The minimum absolute atomic E-state index is 0.0681. The van der Waals surface area contributed by atoms with Crippen LogP contribution in [0.15, 0.2) is 24.3 Å². The number of anilines is 1. The van der Waals surface area contributed by atoms with Crippen LogP contribution in [-0.2, 0) is 9.59 Å². The Hall–Kier alpha value is -2.04. The maximum atomic E-state index is 12.2. The summed E-state index contributed by atoms with van der Waals surface area (Å²) in [5, 5.41) is 2.97. The van der Waals surface area contributed by atoms with E-state index in [9.17, 15) is 9.59 Å². The van der Waals surface area contributed by atoms with Crippen molar-refractivity contribution in [2.24, 2.45) is 5.92 Å². The normalized spacial score (nSPS) is 15.0. The average Bonchev–Trinajstić information content (AvgIpc) is 2.59. The van der Waals surface area contributed by atoms with Crippen molar-refractivity contribution in [1.82, 2.24) is 5.32 Å². The largest absolute Gasteiger partial charge is 0.495 e. The lowest BCUT2D eigenvalue weighted by molar-refractivity contribution is -0.126. The first kappa shape index (κ1) is 17.3. The van der Waals surface area contributed by atoms with Gasteiger partial charge in [0, 0.05) is 25.9 Å². The van der Waals surface area contributed by atoms with Gasteiger partial charge in [-0.05, 0) is 25.0 Å². The minimum Gasteiger partial charge on any atom is -0.495 e. The van der Waals surface area contributed by atoms with Gasteiger partial charge >= 0.3 is 0 Å². The van der Waals surface area contributed by atoms with Crippen molar-refractivity contribution >= 4 is 17.5 Å². The Morgan fingerprint density at radius 2 is 1.91 bits per heavy atom. The van der Waals surface area contributed by atoms with Gasteiger partial charge in [-0.25, -0.2) is 0 Å². The Morgan fingerprint density at radius 1 is 1.22 bits per heavy atom. The molecule has 1 aliphatic rings. The summed E-state index contributed by atoms with van der Waals surface area (Å²) in [6.45, 7) is 2.41. The zero-order valence-corrected chi connectivity index (χ0v) is 14.0. The summed E-state index contributed by atoms with van der Waals surface area (Å²) in [6, 6.07) is 7.41. The quantitative estimate of drug-likeness (QED) is 0.877. The van der Waals surface area contributed by atoms with Crippen LogP contribution >= 0.6 is 0 Å². The molecule has 1 aromatic rings. The van der Waals surface area contributed by atoms with Crippen molar-refractivity contribution in [3.8, 4) is 5.75 Å². The lowest BCUT2D eigenvalue weighted by atomic mass is 9.89. The van der Waals surface area contributed by atoms with Gasteiger partial charge in [-0.3, -0.25) is 9.59 Å². The van der Waals surface area contributed by atoms with Crippen molar-refractivity contribution in [3.63, 3.8) is 0 Å². The first-order valence-electron chi connectivity index (χ1n) is 8.32. The molecule has 0 saturated heterocycles. The summed E-state index contributed by atoms with van der Waals surface area (Å²) in [5.41, 5.74) is 0.731. The number of ether oxygens (including phenoxy) is 1. The molecule has 0 unspecified atom stereocenters. The maximum absolute atomic E-state index is 12.2. The molecule has 0 aliphatic heterocycles. The number of nitrogens with one attached hydrogen (secondary N) is 1. The van der Waals surface area contributed by atoms with Crippen molar-refractivity contribution in [2.75, 3.05) is 25.1 Å². The molecule has 1 fully saturated rings. The molecule has 5 nitrogen and oxygen atoms in total. The summed E-state index contributed by atoms with van der Waals surface area (Å²) in [5.74, 6) is 0.844. The van der Waals surface area contributed by atoms with Crippen LogP contribution in [0.5, 0.6) is 5.75 Å². The highest BCUT2D eigenvalue weighted by Crippen LogP contribution is 2.27. The number of nitrogens with zero attached hydrogens (tertiary/aromatic N) is 1. The minimum atomic E-state index is -0.0681. The Bertz CT molecular complexity index is 539. The van der Waals surface area contributed by atoms with E-state index >= 15 is 0 Å². The summed E-state index contributed by atoms with van der Waals surface area (Å²) in [7, 11) is 1.59. The van der Waals surface area contributed by atoms with Gasteiger partial charge in [-0.15, -0.1) is 0 Å². The van der Waals surface area contributed by atoms with Crippen LogP contribution in [0.4, 0.5) is 5.69 Å². The lowest BCUT2D eigenvalue weighted by Crippen LogP contribution is -2.40. The van der Waals surface area contributed by atoms with E-state index in [1.54, 1.807) is 12.0 Å². The second kappa shape index (κ2) is 8.56. The van der Waals surface area contributed by atoms with E-state index in [4.69, 9.17) is 4.74 Å². The molecule has 0 spiro atoms. The smallest absolute Gasteiger partial charge is 0.224 e. The van der Waals surface area contributed by atoms with Gasteiger partial charge in [0.2, 0.25) is 11.8 Å². The number of amides is 2. The van der Waals surface area contributed by atoms with Gasteiger partial charge in [0.25, 0.3) is 0 Å². The summed E-state index contributed by atoms with van der Waals surface area (Å²) in [6.07, 6.45) is 5.47. The van der Waals surface area contributed by atoms with E-state index in [-0.39, 0.29) is 17.7 Å². The number of carbonyl (C=O) groups excluding carboxylic acids is 2. The summed E-state index contributed by atoms with van der Waals surface area (Å²) >= 11 is 0. The Balaban J connectivity index is 1.92. The van der Waals surface area contributed by atoms with Gasteiger partial charge < -0.3 is 15.0 Å². The number of methoxy groups -OCH3 is 1. The second-order valence-electron chi connectivity index (χ2n) is 5.97. The summed E-state index contributed by atoms with van der Waals surface area (Å²) in [4.78, 5) is 25.8. The number of hydrogen-bond acceptors (Lipinski definition) is 3. The number of para-hydroxylation sites is 2. The molecule has 2 amide bonds. The van der Waals surface area contributed by atoms with Crippen LogP contribution in [0.2, 0.25) is 0 Å². The molecular formula is C18H26N2O3. The van der Waals surface area contributed by atoms with Crippen molar-refractivity contribution in [3.05, 3.63) is 24.3 Å². The Kier molecular flexibility index (Phi) is 6.44. The molecule has 1 saturated carbocycles. The van der Waals surface area contributed by atoms with Gasteiger partial charge in [0.1, 0.15) is 5.75 Å². The first-order chi connectivity index (χ1) is 11.1. The Morgan fingerprint density at radius 3 is 2.57 bits per heavy atom. The number of rotatable bonds is 6. The zero-order chi connectivity index (χ0) is 16.7. The Labute approximate surface area is 138 Å². The number of benzene rings is 1. The van der Waals surface area contributed by atoms with Crippen molar-refractivity contribution < 1.29 is 14.3 Å². The van der Waals surface area contributed by atoms with E-state index < -0.39 is 0 Å². The molecule has 0 bridgehead atoms. The van der Waals surface area contributed by atoms with E-state index in [2.05, 4.69) is 5.32 Å². The van der Waals surface area contributed by atoms with Gasteiger partial charge in [0.05, 0.1) is 12.8 Å². The third-order valence-electron chi connectivity index (χ3n) is 4.37. The highest BCUT2D eigenvalue weighted by atomic mass is 16.5. The molecular weight excluding hydrogens is 292 g/mol. The van der Waals surface area contributed by atoms with Gasteiger partial charge in [-0.1, -0.05) is 31.4 Å². The monoisotopic (exact) mass is 318 g/mol. The standard InChI is InChI=1S/C18H26N2O3/c1-14(21)20(16-10-6-7-11-17(16)23-2)13-12-19-18(22)15-8-4-3-5-9-15/h6-7,10-11,15H,3-5,8-9,12-13H2,1-2H3,(H,19,22). The fourth-order valence-corrected chi connectivity index (χ4v) is 3.10. The molecule has 23 heavy (non-hydrogen) atoms. The molecule has 0 heterocycles. The van der Waals surface area contributed by atoms with Crippen molar-refractivity contribution in [2.45, 2.75) is 39.0 Å². The topological polar surface area (TPSA) is 58.6 Å². The molecule has 1 N–H and O–H groups in total. The molecule has 2 rings (SSSR count). The van der Waals surface area contributed by atoms with Gasteiger partial charge in [0.15, 0.2) is 0 Å². The van der Waals surface area contributed by atoms with Crippen LogP contribution in [-0.4, -0.2) is 32.0 Å². The molecule has 0 atom stereocenters. The maximum Gasteiger partial charge on any atom is 0.224 e. The fourth-order valence-electron chi connectivity index (χ4n) is 3.10. The zero-order valence-electron chi connectivity index (χ0n) is 14.0. The second-order valence-corrected chi connectivity index (χ2v) is 5.97. The van der Waals surface area contributed by atoms with Gasteiger partial charge in [-0.2, -0.15) is 0 Å². The SMILES string of the molecule is COc1ccccc1N(CCNC(=O)C1CCCCC1)C(C)=O. The van der Waals surface area contributed by atoms with Crippen LogP contribution in [0.3, 0.4) is 0 Å². The van der Waals surface area contributed by atoms with E-state index in [0.29, 0.717) is 18.8 Å². The van der Waals surface area contributed by atoms with E-state index in [1.165, 1.54) is 13.3 Å². The van der Waals surface area contributed by atoms with Crippen LogP contribution in [0.25, 0.3) is 0 Å². The van der Waals surface area contributed by atoms with Crippen LogP contribution in [0.1, 0.15) is 39.0 Å². The number of carbonyl (C=O) groups is 2. The lowest BCUT2D eigenvalue weighted by Gasteiger charge is -2.25. The predicted octanol–water partition coefficient (Wildman–Crippen LogP) is 2.74. The molecule has 0 aromatic heterocycles. The highest BCUT2D eigenvalue weighted by Gasteiger charge is 2.21. The molecule has 5 heteroatoms. The van der Waals surface area contributed by atoms with Crippen molar-refractivity contribution in [1.29, 1.82) is 0 Å². The average molecular weight is 318 g/mol. The third-order valence-corrected chi connectivity index (χ3v) is 4.37. The molecule has 1 aromatic carbocycles.